The molecule has 0 aromatic carbocycles. The van der Waals surface area contributed by atoms with Gasteiger partial charge in [-0.2, -0.15) is 0 Å². The molecule has 4 nitrogen and oxygen atoms in total. The first kappa shape index (κ1) is 14.5. The summed E-state index contributed by atoms with van der Waals surface area (Å²) < 4.78 is 5.37. The van der Waals surface area contributed by atoms with Crippen molar-refractivity contribution in [1.29, 1.82) is 0 Å². The molecule has 20 heavy (non-hydrogen) atoms. The molecule has 2 aromatic heterocycles. The molecule has 0 bridgehead atoms. The van der Waals surface area contributed by atoms with Gasteiger partial charge in [0.1, 0.15) is 0 Å². The molecule has 2 aromatic rings. The molecule has 0 fully saturated rings. The molecule has 0 aliphatic carbocycles. The Labute approximate surface area is 120 Å². The van der Waals surface area contributed by atoms with Crippen LogP contribution in [0.25, 0.3) is 0 Å². The Morgan fingerprint density at radius 3 is 2.70 bits per heavy atom. The van der Waals surface area contributed by atoms with Crippen LogP contribution < -0.4 is 10.1 Å². The second-order valence-corrected chi connectivity index (χ2v) is 4.63. The van der Waals surface area contributed by atoms with E-state index >= 15 is 0 Å². The zero-order valence-electron chi connectivity index (χ0n) is 12.0. The fourth-order valence-corrected chi connectivity index (χ4v) is 2.18. The van der Waals surface area contributed by atoms with Gasteiger partial charge in [0.2, 0.25) is 5.88 Å². The molecule has 0 radical (unpaired) electrons. The number of hydrogen-bond donors (Lipinski definition) is 1. The van der Waals surface area contributed by atoms with E-state index in [0.29, 0.717) is 5.88 Å². The molecule has 0 aliphatic heterocycles. The van der Waals surface area contributed by atoms with E-state index in [0.717, 1.165) is 30.6 Å². The summed E-state index contributed by atoms with van der Waals surface area (Å²) in [5.41, 5.74) is 2.14. The normalized spacial score (nSPS) is 12.1. The summed E-state index contributed by atoms with van der Waals surface area (Å²) >= 11 is 0. The van der Waals surface area contributed by atoms with E-state index < -0.39 is 0 Å². The van der Waals surface area contributed by atoms with Gasteiger partial charge in [-0.05, 0) is 31.2 Å². The molecule has 1 unspecified atom stereocenters. The van der Waals surface area contributed by atoms with Crippen LogP contribution in [0, 0.1) is 0 Å². The largest absolute Gasteiger partial charge is 0.481 e. The SMILES string of the molecule is CCCNC(Cc1ccccn1)c1cccnc1OC. The van der Waals surface area contributed by atoms with Crippen molar-refractivity contribution in [2.24, 2.45) is 0 Å². The van der Waals surface area contributed by atoms with Gasteiger partial charge in [-0.1, -0.05) is 19.1 Å². The highest BCUT2D eigenvalue weighted by atomic mass is 16.5. The molecular weight excluding hydrogens is 250 g/mol. The number of rotatable bonds is 7. The summed E-state index contributed by atoms with van der Waals surface area (Å²) in [6.07, 6.45) is 5.48. The van der Waals surface area contributed by atoms with Crippen LogP contribution in [0.5, 0.6) is 5.88 Å². The Balaban J connectivity index is 2.22. The number of pyridine rings is 2. The Morgan fingerprint density at radius 2 is 2.00 bits per heavy atom. The van der Waals surface area contributed by atoms with Gasteiger partial charge in [0.05, 0.1) is 7.11 Å². The second kappa shape index (κ2) is 7.60. The predicted octanol–water partition coefficient (Wildman–Crippen LogP) is 2.77. The van der Waals surface area contributed by atoms with Crippen molar-refractivity contribution in [3.8, 4) is 5.88 Å². The molecule has 0 saturated heterocycles. The van der Waals surface area contributed by atoms with Crippen molar-refractivity contribution in [2.75, 3.05) is 13.7 Å². The number of methoxy groups -OCH3 is 1. The lowest BCUT2D eigenvalue weighted by Crippen LogP contribution is -2.25. The minimum atomic E-state index is 0.161. The van der Waals surface area contributed by atoms with Crippen molar-refractivity contribution in [2.45, 2.75) is 25.8 Å². The van der Waals surface area contributed by atoms with Crippen LogP contribution in [0.3, 0.4) is 0 Å². The Kier molecular flexibility index (Phi) is 5.50. The quantitative estimate of drug-likeness (QED) is 0.841. The van der Waals surface area contributed by atoms with Crippen LogP contribution in [-0.4, -0.2) is 23.6 Å². The predicted molar refractivity (Wildman–Crippen MR) is 79.8 cm³/mol. The van der Waals surface area contributed by atoms with Crippen LogP contribution in [0.15, 0.2) is 42.7 Å². The van der Waals surface area contributed by atoms with Crippen molar-refractivity contribution < 1.29 is 4.74 Å². The molecule has 1 atom stereocenters. The smallest absolute Gasteiger partial charge is 0.217 e. The standard InChI is InChI=1S/C16H21N3O/c1-3-9-18-15(12-13-7-4-5-10-17-13)14-8-6-11-19-16(14)20-2/h4-8,10-11,15,18H,3,9,12H2,1-2H3. The Hall–Kier alpha value is -1.94. The van der Waals surface area contributed by atoms with Crippen molar-refractivity contribution in [3.05, 3.63) is 54.0 Å². The summed E-state index contributed by atoms with van der Waals surface area (Å²) in [4.78, 5) is 8.69. The molecule has 0 aliphatic rings. The first-order chi connectivity index (χ1) is 9.85. The molecule has 0 spiro atoms. The van der Waals surface area contributed by atoms with Crippen LogP contribution in [-0.2, 0) is 6.42 Å². The van der Waals surface area contributed by atoms with E-state index in [9.17, 15) is 0 Å². The summed E-state index contributed by atoms with van der Waals surface area (Å²) in [7, 11) is 1.66. The number of nitrogens with one attached hydrogen (secondary N) is 1. The Bertz CT molecular complexity index is 516. The second-order valence-electron chi connectivity index (χ2n) is 4.63. The highest BCUT2D eigenvalue weighted by Gasteiger charge is 2.17. The lowest BCUT2D eigenvalue weighted by molar-refractivity contribution is 0.381. The van der Waals surface area contributed by atoms with Gasteiger partial charge in [-0.15, -0.1) is 0 Å². The van der Waals surface area contributed by atoms with E-state index in [1.54, 1.807) is 13.3 Å². The highest BCUT2D eigenvalue weighted by molar-refractivity contribution is 5.30. The molecule has 2 heterocycles. The van der Waals surface area contributed by atoms with Crippen LogP contribution >= 0.6 is 0 Å². The van der Waals surface area contributed by atoms with E-state index in [1.165, 1.54) is 0 Å². The third-order valence-electron chi connectivity index (χ3n) is 3.15. The van der Waals surface area contributed by atoms with Gasteiger partial charge in [0.25, 0.3) is 0 Å². The average Bonchev–Trinajstić information content (AvgIpc) is 2.52. The zero-order valence-corrected chi connectivity index (χ0v) is 12.0. The van der Waals surface area contributed by atoms with E-state index in [4.69, 9.17) is 4.74 Å². The Morgan fingerprint density at radius 1 is 1.15 bits per heavy atom. The van der Waals surface area contributed by atoms with Gasteiger partial charge in [0, 0.05) is 36.1 Å². The number of ether oxygens (including phenoxy) is 1. The van der Waals surface area contributed by atoms with Gasteiger partial charge >= 0.3 is 0 Å². The molecule has 0 saturated carbocycles. The zero-order chi connectivity index (χ0) is 14.2. The number of aromatic nitrogens is 2. The summed E-state index contributed by atoms with van der Waals surface area (Å²) in [5.74, 6) is 0.678. The van der Waals surface area contributed by atoms with Gasteiger partial charge in [-0.3, -0.25) is 4.98 Å². The third-order valence-corrected chi connectivity index (χ3v) is 3.15. The maximum atomic E-state index is 5.37. The minimum absolute atomic E-state index is 0.161. The maximum Gasteiger partial charge on any atom is 0.217 e. The van der Waals surface area contributed by atoms with E-state index in [1.807, 2.05) is 30.5 Å². The topological polar surface area (TPSA) is 47.0 Å². The minimum Gasteiger partial charge on any atom is -0.481 e. The molecule has 4 heteroatoms. The van der Waals surface area contributed by atoms with E-state index in [2.05, 4.69) is 28.3 Å². The van der Waals surface area contributed by atoms with Gasteiger partial charge in [0.15, 0.2) is 0 Å². The van der Waals surface area contributed by atoms with Crippen molar-refractivity contribution in [1.82, 2.24) is 15.3 Å². The fraction of sp³-hybridized carbons (Fsp3) is 0.375. The monoisotopic (exact) mass is 271 g/mol. The molecule has 1 N–H and O–H groups in total. The number of nitrogens with zero attached hydrogens (tertiary/aromatic N) is 2. The van der Waals surface area contributed by atoms with Crippen LogP contribution in [0.1, 0.15) is 30.6 Å². The fourth-order valence-electron chi connectivity index (χ4n) is 2.18. The summed E-state index contributed by atoms with van der Waals surface area (Å²) in [5, 5.41) is 3.55. The van der Waals surface area contributed by atoms with Crippen LogP contribution in [0.4, 0.5) is 0 Å². The molecular formula is C16H21N3O. The van der Waals surface area contributed by atoms with Crippen LogP contribution in [0.2, 0.25) is 0 Å². The first-order valence-corrected chi connectivity index (χ1v) is 6.97. The van der Waals surface area contributed by atoms with Gasteiger partial charge in [-0.25, -0.2) is 4.98 Å². The molecule has 106 valence electrons. The van der Waals surface area contributed by atoms with Crippen molar-refractivity contribution in [3.63, 3.8) is 0 Å². The van der Waals surface area contributed by atoms with E-state index in [-0.39, 0.29) is 6.04 Å². The lowest BCUT2D eigenvalue weighted by atomic mass is 10.0. The molecule has 2 rings (SSSR count). The summed E-state index contributed by atoms with van der Waals surface area (Å²) in [6.45, 7) is 3.11. The molecule has 0 amide bonds. The lowest BCUT2D eigenvalue weighted by Gasteiger charge is -2.20. The third kappa shape index (κ3) is 3.78. The highest BCUT2D eigenvalue weighted by Crippen LogP contribution is 2.25. The summed E-state index contributed by atoms with van der Waals surface area (Å²) in [6, 6.07) is 10.2. The maximum absolute atomic E-state index is 5.37. The van der Waals surface area contributed by atoms with Crippen molar-refractivity contribution >= 4 is 0 Å². The average molecular weight is 271 g/mol. The van der Waals surface area contributed by atoms with Gasteiger partial charge < -0.3 is 10.1 Å². The first-order valence-electron chi connectivity index (χ1n) is 6.97. The number of hydrogen-bond acceptors (Lipinski definition) is 4.